The lowest BCUT2D eigenvalue weighted by Gasteiger charge is -2.21. The summed E-state index contributed by atoms with van der Waals surface area (Å²) in [4.78, 5) is 14.1. The molecule has 6 nitrogen and oxygen atoms in total. The Kier molecular flexibility index (Phi) is 6.93. The predicted molar refractivity (Wildman–Crippen MR) is 95.8 cm³/mol. The second-order valence-corrected chi connectivity index (χ2v) is 6.44. The van der Waals surface area contributed by atoms with Crippen molar-refractivity contribution in [3.8, 4) is 17.6 Å². The maximum Gasteiger partial charge on any atom is 0.317 e. The second kappa shape index (κ2) is 9.16. The van der Waals surface area contributed by atoms with Crippen LogP contribution >= 0.6 is 0 Å². The quantitative estimate of drug-likeness (QED) is 0.824. The molecule has 1 heterocycles. The van der Waals surface area contributed by atoms with Crippen molar-refractivity contribution in [2.45, 2.75) is 39.2 Å². The zero-order chi connectivity index (χ0) is 18.2. The minimum Gasteiger partial charge on any atom is -0.493 e. The van der Waals surface area contributed by atoms with Crippen LogP contribution in [0.3, 0.4) is 0 Å². The number of methoxy groups -OCH3 is 1. The van der Waals surface area contributed by atoms with E-state index in [0.29, 0.717) is 37.7 Å². The molecule has 6 heteroatoms. The second-order valence-electron chi connectivity index (χ2n) is 6.44. The Hall–Kier alpha value is -2.42. The molecule has 1 N–H and O–H groups in total. The molecule has 1 fully saturated rings. The fourth-order valence-corrected chi connectivity index (χ4v) is 3.13. The van der Waals surface area contributed by atoms with Crippen LogP contribution in [-0.2, 0) is 6.42 Å². The van der Waals surface area contributed by atoms with E-state index < -0.39 is 0 Å². The number of nitrogens with one attached hydrogen (secondary N) is 1. The fraction of sp³-hybridized carbons (Fsp3) is 0.579. The van der Waals surface area contributed by atoms with Crippen molar-refractivity contribution in [1.82, 2.24) is 10.2 Å². The van der Waals surface area contributed by atoms with Gasteiger partial charge in [-0.2, -0.15) is 5.26 Å². The van der Waals surface area contributed by atoms with Gasteiger partial charge in [0.15, 0.2) is 11.5 Å². The van der Waals surface area contributed by atoms with E-state index in [4.69, 9.17) is 14.7 Å². The molecule has 0 aliphatic carbocycles. The first-order valence-electron chi connectivity index (χ1n) is 8.79. The van der Waals surface area contributed by atoms with E-state index in [1.54, 1.807) is 12.0 Å². The van der Waals surface area contributed by atoms with Crippen molar-refractivity contribution in [2.24, 2.45) is 5.92 Å². The first-order chi connectivity index (χ1) is 12.1. The van der Waals surface area contributed by atoms with E-state index in [1.807, 2.05) is 32.0 Å². The number of carbonyl (C=O) groups is 1. The van der Waals surface area contributed by atoms with Gasteiger partial charge < -0.3 is 19.7 Å². The van der Waals surface area contributed by atoms with Gasteiger partial charge in [-0.1, -0.05) is 6.07 Å². The van der Waals surface area contributed by atoms with Gasteiger partial charge in [0, 0.05) is 25.6 Å². The van der Waals surface area contributed by atoms with Crippen molar-refractivity contribution in [2.75, 3.05) is 26.8 Å². The molecule has 25 heavy (non-hydrogen) atoms. The van der Waals surface area contributed by atoms with Crippen molar-refractivity contribution in [3.05, 3.63) is 23.8 Å². The zero-order valence-electron chi connectivity index (χ0n) is 15.2. The molecule has 2 atom stereocenters. The molecule has 0 aromatic heterocycles. The lowest BCUT2D eigenvalue weighted by molar-refractivity contribution is 0.203. The third-order valence-electron chi connectivity index (χ3n) is 4.39. The standard InChI is InChI=1S/C19H27N3O3/c1-4-25-17-6-5-16(12-18(17)24-3)11-14(2)21-19(23)22-10-8-15(13-22)7-9-20/h5-6,12,14-15H,4,7-8,10-11,13H2,1-3H3,(H,21,23)/t14-,15?/m1/s1. The summed E-state index contributed by atoms with van der Waals surface area (Å²) in [6, 6.07) is 7.99. The molecule has 1 aromatic rings. The third-order valence-corrected chi connectivity index (χ3v) is 4.39. The fourth-order valence-electron chi connectivity index (χ4n) is 3.13. The summed E-state index contributed by atoms with van der Waals surface area (Å²) < 4.78 is 10.9. The lowest BCUT2D eigenvalue weighted by atomic mass is 10.1. The third kappa shape index (κ3) is 5.28. The van der Waals surface area contributed by atoms with Crippen LogP contribution in [0.2, 0.25) is 0 Å². The van der Waals surface area contributed by atoms with Crippen LogP contribution in [0.4, 0.5) is 4.79 Å². The highest BCUT2D eigenvalue weighted by Crippen LogP contribution is 2.28. The molecule has 1 aliphatic rings. The van der Waals surface area contributed by atoms with E-state index in [2.05, 4.69) is 11.4 Å². The smallest absolute Gasteiger partial charge is 0.317 e. The summed E-state index contributed by atoms with van der Waals surface area (Å²) in [5.74, 6) is 1.74. The number of carbonyl (C=O) groups excluding carboxylic acids is 1. The molecular weight excluding hydrogens is 318 g/mol. The van der Waals surface area contributed by atoms with Gasteiger partial charge >= 0.3 is 6.03 Å². The number of nitrogens with zero attached hydrogens (tertiary/aromatic N) is 2. The Morgan fingerprint density at radius 1 is 1.48 bits per heavy atom. The van der Waals surface area contributed by atoms with E-state index in [-0.39, 0.29) is 12.1 Å². The average molecular weight is 345 g/mol. The summed E-state index contributed by atoms with van der Waals surface area (Å²) in [6.07, 6.45) is 2.14. The lowest BCUT2D eigenvalue weighted by Crippen LogP contribution is -2.43. The van der Waals surface area contributed by atoms with E-state index in [0.717, 1.165) is 24.3 Å². The molecule has 2 rings (SSSR count). The first kappa shape index (κ1) is 18.9. The average Bonchev–Trinajstić information content (AvgIpc) is 3.05. The van der Waals surface area contributed by atoms with Crippen molar-refractivity contribution >= 4 is 6.03 Å². The number of amides is 2. The Labute approximate surface area is 149 Å². The molecule has 2 amide bonds. The van der Waals surface area contributed by atoms with Crippen LogP contribution in [0.15, 0.2) is 18.2 Å². The number of hydrogen-bond donors (Lipinski definition) is 1. The topological polar surface area (TPSA) is 74.6 Å². The summed E-state index contributed by atoms with van der Waals surface area (Å²) >= 11 is 0. The normalized spacial score (nSPS) is 17.7. The van der Waals surface area contributed by atoms with Gasteiger partial charge in [0.25, 0.3) is 0 Å². The number of urea groups is 1. The first-order valence-corrected chi connectivity index (χ1v) is 8.79. The van der Waals surface area contributed by atoms with Crippen LogP contribution in [0.5, 0.6) is 11.5 Å². The molecule has 0 radical (unpaired) electrons. The maximum atomic E-state index is 12.3. The summed E-state index contributed by atoms with van der Waals surface area (Å²) in [5.41, 5.74) is 1.08. The van der Waals surface area contributed by atoms with Gasteiger partial charge in [0.1, 0.15) is 0 Å². The molecule has 0 saturated carbocycles. The SMILES string of the molecule is CCOc1ccc(C[C@@H](C)NC(=O)N2CCC(CC#N)C2)cc1OC. The summed E-state index contributed by atoms with van der Waals surface area (Å²) in [7, 11) is 1.62. The molecule has 1 saturated heterocycles. The number of rotatable bonds is 7. The molecule has 1 unspecified atom stereocenters. The van der Waals surface area contributed by atoms with Crippen LogP contribution in [0, 0.1) is 17.2 Å². The van der Waals surface area contributed by atoms with Crippen LogP contribution in [-0.4, -0.2) is 43.8 Å². The van der Waals surface area contributed by atoms with Crippen LogP contribution < -0.4 is 14.8 Å². The Balaban J connectivity index is 1.88. The molecule has 0 spiro atoms. The van der Waals surface area contributed by atoms with Gasteiger partial charge in [-0.3, -0.25) is 0 Å². The number of benzene rings is 1. The van der Waals surface area contributed by atoms with Gasteiger partial charge in [-0.05, 0) is 50.3 Å². The Morgan fingerprint density at radius 2 is 2.28 bits per heavy atom. The largest absolute Gasteiger partial charge is 0.493 e. The zero-order valence-corrected chi connectivity index (χ0v) is 15.2. The van der Waals surface area contributed by atoms with Gasteiger partial charge in [-0.25, -0.2) is 4.79 Å². The van der Waals surface area contributed by atoms with E-state index >= 15 is 0 Å². The Bertz CT molecular complexity index is 627. The Morgan fingerprint density at radius 3 is 2.96 bits per heavy atom. The van der Waals surface area contributed by atoms with Crippen LogP contribution in [0.25, 0.3) is 0 Å². The van der Waals surface area contributed by atoms with Gasteiger partial charge in [0.2, 0.25) is 0 Å². The predicted octanol–water partition coefficient (Wildman–Crippen LogP) is 2.97. The highest BCUT2D eigenvalue weighted by atomic mass is 16.5. The van der Waals surface area contributed by atoms with Gasteiger partial charge in [0.05, 0.1) is 19.8 Å². The van der Waals surface area contributed by atoms with Crippen molar-refractivity contribution in [3.63, 3.8) is 0 Å². The number of hydrogen-bond acceptors (Lipinski definition) is 4. The summed E-state index contributed by atoms with van der Waals surface area (Å²) in [5, 5.41) is 11.8. The van der Waals surface area contributed by atoms with Gasteiger partial charge in [-0.15, -0.1) is 0 Å². The monoisotopic (exact) mass is 345 g/mol. The van der Waals surface area contributed by atoms with Crippen LogP contribution in [0.1, 0.15) is 32.3 Å². The van der Waals surface area contributed by atoms with E-state index in [1.165, 1.54) is 0 Å². The number of nitriles is 1. The van der Waals surface area contributed by atoms with Crippen molar-refractivity contribution in [1.29, 1.82) is 5.26 Å². The molecular formula is C19H27N3O3. The van der Waals surface area contributed by atoms with E-state index in [9.17, 15) is 4.79 Å². The maximum absolute atomic E-state index is 12.3. The molecule has 0 bridgehead atoms. The highest BCUT2D eigenvalue weighted by molar-refractivity contribution is 5.74. The molecule has 1 aliphatic heterocycles. The highest BCUT2D eigenvalue weighted by Gasteiger charge is 2.26. The minimum absolute atomic E-state index is 0.00478. The molecule has 1 aromatic carbocycles. The van der Waals surface area contributed by atoms with Crippen molar-refractivity contribution < 1.29 is 14.3 Å². The number of ether oxygens (including phenoxy) is 2. The minimum atomic E-state index is -0.0501. The molecule has 136 valence electrons. The number of likely N-dealkylation sites (tertiary alicyclic amines) is 1. The summed E-state index contributed by atoms with van der Waals surface area (Å²) in [6.45, 7) is 5.91.